The summed E-state index contributed by atoms with van der Waals surface area (Å²) in [6, 6.07) is -0.101. The zero-order valence-corrected chi connectivity index (χ0v) is 18.9. The number of amides is 1. The zero-order chi connectivity index (χ0) is 24.0. The van der Waals surface area contributed by atoms with Crippen LogP contribution in [0.5, 0.6) is 5.88 Å². The fraction of sp³-hybridized carbons (Fsp3) is 0.579. The van der Waals surface area contributed by atoms with E-state index in [2.05, 4.69) is 20.3 Å². The van der Waals surface area contributed by atoms with Gasteiger partial charge in [-0.25, -0.2) is 15.0 Å². The average molecular weight is 488 g/mol. The third kappa shape index (κ3) is 4.28. The number of thioether (sulfide) groups is 1. The highest BCUT2D eigenvalue weighted by atomic mass is 32.2. The molecular weight excluding hydrogens is 465 g/mol. The van der Waals surface area contributed by atoms with Gasteiger partial charge in [-0.15, -0.1) is 11.8 Å². The summed E-state index contributed by atoms with van der Waals surface area (Å²) in [6.45, 7) is 1.35. The molecular formula is C19H23F3N6O4S. The molecule has 3 aliphatic heterocycles. The van der Waals surface area contributed by atoms with Crippen molar-refractivity contribution in [2.75, 3.05) is 27.4 Å². The second kappa shape index (κ2) is 8.56. The lowest BCUT2D eigenvalue weighted by Crippen LogP contribution is -2.63. The lowest BCUT2D eigenvalue weighted by Gasteiger charge is -2.50. The molecule has 1 unspecified atom stereocenters. The second-order valence-corrected chi connectivity index (χ2v) is 8.88. The Morgan fingerprint density at radius 1 is 1.45 bits per heavy atom. The Bertz CT molecular complexity index is 1010. The maximum atomic E-state index is 13.3. The van der Waals surface area contributed by atoms with E-state index in [-0.39, 0.29) is 37.2 Å². The summed E-state index contributed by atoms with van der Waals surface area (Å²) in [7, 11) is 3.16. The lowest BCUT2D eigenvalue weighted by atomic mass is 9.78. The van der Waals surface area contributed by atoms with E-state index in [0.29, 0.717) is 11.5 Å². The molecule has 3 aliphatic rings. The van der Waals surface area contributed by atoms with Crippen LogP contribution in [-0.4, -0.2) is 77.4 Å². The van der Waals surface area contributed by atoms with Crippen molar-refractivity contribution < 1.29 is 32.2 Å². The number of fused-ring (bicyclic) bond motifs is 1. The van der Waals surface area contributed by atoms with Crippen LogP contribution in [-0.2, 0) is 9.47 Å². The van der Waals surface area contributed by atoms with Gasteiger partial charge in [0.2, 0.25) is 5.88 Å². The number of ether oxygens (including phenoxy) is 3. The number of nitrogens with zero attached hydrogens (tertiary/aromatic N) is 4. The van der Waals surface area contributed by atoms with Gasteiger partial charge in [0.25, 0.3) is 11.9 Å². The molecule has 0 saturated carbocycles. The van der Waals surface area contributed by atoms with E-state index < -0.39 is 35.0 Å². The van der Waals surface area contributed by atoms with Crippen LogP contribution in [0.2, 0.25) is 0 Å². The standard InChI is InChI=1S/C19H23F3N6O4S/c1-9-14(24-5-13(25-9)30-3)15(29)26-12-7-33-16(28(12)2)18-8-32-11(19(20,21)22)4-10(18)6-31-17(23)27-18/h5,7,10-11,16H,4,6,8H2,1-3H3,(H2,23,27)(H,26,29)/t10-,11+,16?,18-/m0/s1. The summed E-state index contributed by atoms with van der Waals surface area (Å²) >= 11 is 1.31. The van der Waals surface area contributed by atoms with Crippen LogP contribution in [0.3, 0.4) is 0 Å². The largest absolute Gasteiger partial charge is 0.480 e. The molecule has 0 spiro atoms. The van der Waals surface area contributed by atoms with E-state index in [4.69, 9.17) is 19.9 Å². The Labute approximate surface area is 191 Å². The number of likely N-dealkylation sites (N-methyl/N-ethyl adjacent to an activating group) is 1. The molecule has 1 amide bonds. The highest BCUT2D eigenvalue weighted by Crippen LogP contribution is 2.48. The number of hydrogen-bond acceptors (Lipinski definition) is 10. The van der Waals surface area contributed by atoms with Gasteiger partial charge in [0.15, 0.2) is 6.10 Å². The molecule has 14 heteroatoms. The molecule has 4 rings (SSSR count). The van der Waals surface area contributed by atoms with Crippen molar-refractivity contribution in [3.8, 4) is 5.88 Å². The van der Waals surface area contributed by atoms with E-state index in [1.165, 1.54) is 25.1 Å². The van der Waals surface area contributed by atoms with Gasteiger partial charge < -0.3 is 30.2 Å². The van der Waals surface area contributed by atoms with E-state index in [0.717, 1.165) is 0 Å². The van der Waals surface area contributed by atoms with Gasteiger partial charge in [-0.3, -0.25) is 4.79 Å². The summed E-state index contributed by atoms with van der Waals surface area (Å²) in [5.74, 6) is -0.337. The molecule has 33 heavy (non-hydrogen) atoms. The minimum absolute atomic E-state index is 0.00149. The SMILES string of the molecule is COc1cnc(C(=O)NC2=CSC([C@]34CO[C@@H](C(F)(F)F)C[C@H]3COC(N)=N4)N2C)c(C)n1. The summed E-state index contributed by atoms with van der Waals surface area (Å²) < 4.78 is 55.4. The first kappa shape index (κ1) is 23.4. The van der Waals surface area contributed by atoms with Gasteiger partial charge >= 0.3 is 6.18 Å². The number of carbonyl (C=O) groups excluding carboxylic acids is 1. The molecule has 0 aliphatic carbocycles. The smallest absolute Gasteiger partial charge is 0.414 e. The minimum Gasteiger partial charge on any atom is -0.480 e. The second-order valence-electron chi connectivity index (χ2n) is 7.93. The molecule has 180 valence electrons. The first-order valence-corrected chi connectivity index (χ1v) is 10.9. The monoisotopic (exact) mass is 488 g/mol. The molecule has 1 fully saturated rings. The minimum atomic E-state index is -4.48. The van der Waals surface area contributed by atoms with Gasteiger partial charge in [-0.2, -0.15) is 13.2 Å². The zero-order valence-electron chi connectivity index (χ0n) is 18.0. The molecule has 10 nitrogen and oxygen atoms in total. The van der Waals surface area contributed by atoms with Gasteiger partial charge in [0, 0.05) is 18.4 Å². The van der Waals surface area contributed by atoms with Crippen molar-refractivity contribution in [1.82, 2.24) is 20.2 Å². The van der Waals surface area contributed by atoms with Gasteiger partial charge in [0.1, 0.15) is 22.4 Å². The summed E-state index contributed by atoms with van der Waals surface area (Å²) in [5, 5.41) is 4.01. The van der Waals surface area contributed by atoms with E-state index in [9.17, 15) is 18.0 Å². The highest BCUT2D eigenvalue weighted by molar-refractivity contribution is 8.03. The number of carbonyl (C=O) groups is 1. The maximum Gasteiger partial charge on any atom is 0.414 e. The first-order chi connectivity index (χ1) is 15.5. The normalized spacial score (nSPS) is 29.5. The fourth-order valence-corrected chi connectivity index (χ4v) is 5.48. The summed E-state index contributed by atoms with van der Waals surface area (Å²) in [6.07, 6.45) is -5.34. The number of aliphatic imine (C=N–C) groups is 1. The number of aromatic nitrogens is 2. The lowest BCUT2D eigenvalue weighted by molar-refractivity contribution is -0.249. The van der Waals surface area contributed by atoms with Crippen molar-refractivity contribution in [1.29, 1.82) is 0 Å². The number of hydrogen-bond donors (Lipinski definition) is 2. The van der Waals surface area contributed by atoms with Crippen molar-refractivity contribution in [3.05, 3.63) is 28.8 Å². The molecule has 1 saturated heterocycles. The van der Waals surface area contributed by atoms with Crippen LogP contribution in [0.25, 0.3) is 0 Å². The Balaban J connectivity index is 1.53. The molecule has 4 heterocycles. The number of amidine groups is 1. The third-order valence-electron chi connectivity index (χ3n) is 5.90. The van der Waals surface area contributed by atoms with E-state index in [1.54, 1.807) is 24.3 Å². The van der Waals surface area contributed by atoms with Crippen LogP contribution in [0.4, 0.5) is 13.2 Å². The number of nitrogens with two attached hydrogens (primary N) is 1. The van der Waals surface area contributed by atoms with E-state index >= 15 is 0 Å². The number of methoxy groups -OCH3 is 1. The number of alkyl halides is 3. The average Bonchev–Trinajstić information content (AvgIpc) is 3.12. The van der Waals surface area contributed by atoms with Crippen molar-refractivity contribution in [2.45, 2.75) is 36.5 Å². The third-order valence-corrected chi connectivity index (χ3v) is 7.24. The van der Waals surface area contributed by atoms with Crippen molar-refractivity contribution in [2.24, 2.45) is 16.6 Å². The highest BCUT2D eigenvalue weighted by Gasteiger charge is 2.59. The number of nitrogens with one attached hydrogen (secondary N) is 1. The molecule has 0 radical (unpaired) electrons. The summed E-state index contributed by atoms with van der Waals surface area (Å²) in [5.41, 5.74) is 5.23. The summed E-state index contributed by atoms with van der Waals surface area (Å²) in [4.78, 5) is 27.2. The Morgan fingerprint density at radius 2 is 2.21 bits per heavy atom. The molecule has 0 bridgehead atoms. The Morgan fingerprint density at radius 3 is 2.88 bits per heavy atom. The van der Waals surface area contributed by atoms with Crippen LogP contribution >= 0.6 is 11.8 Å². The van der Waals surface area contributed by atoms with Crippen molar-refractivity contribution in [3.63, 3.8) is 0 Å². The van der Waals surface area contributed by atoms with E-state index in [1.807, 2.05) is 0 Å². The molecule has 1 aromatic heterocycles. The predicted octanol–water partition coefficient (Wildman–Crippen LogP) is 1.38. The molecule has 1 aromatic rings. The fourth-order valence-electron chi connectivity index (χ4n) is 4.16. The quantitative estimate of drug-likeness (QED) is 0.647. The molecule has 3 N–H and O–H groups in total. The topological polar surface area (TPSA) is 124 Å². The van der Waals surface area contributed by atoms with Crippen LogP contribution in [0.15, 0.2) is 22.4 Å². The maximum absolute atomic E-state index is 13.3. The van der Waals surface area contributed by atoms with Gasteiger partial charge in [0.05, 0.1) is 32.2 Å². The van der Waals surface area contributed by atoms with Crippen LogP contribution in [0, 0.1) is 12.8 Å². The van der Waals surface area contributed by atoms with Crippen molar-refractivity contribution >= 4 is 23.7 Å². The predicted molar refractivity (Wildman–Crippen MR) is 112 cm³/mol. The number of aryl methyl sites for hydroxylation is 1. The van der Waals surface area contributed by atoms with Gasteiger partial charge in [-0.1, -0.05) is 0 Å². The number of rotatable bonds is 4. The van der Waals surface area contributed by atoms with Crippen LogP contribution in [0.1, 0.15) is 22.6 Å². The Hall–Kier alpha value is -2.74. The molecule has 0 aromatic carbocycles. The molecule has 4 atom stereocenters. The van der Waals surface area contributed by atoms with Gasteiger partial charge in [-0.05, 0) is 13.3 Å². The number of halogens is 3. The first-order valence-electron chi connectivity index (χ1n) is 9.99. The van der Waals surface area contributed by atoms with Crippen LogP contribution < -0.4 is 15.8 Å². The Kier molecular flexibility index (Phi) is 6.07.